The van der Waals surface area contributed by atoms with Crippen molar-refractivity contribution >= 4 is 57.3 Å². The van der Waals surface area contributed by atoms with Crippen molar-refractivity contribution in [2.45, 2.75) is 99.4 Å². The summed E-state index contributed by atoms with van der Waals surface area (Å²) >= 11 is 2.04. The van der Waals surface area contributed by atoms with E-state index < -0.39 is 53.1 Å². The topological polar surface area (TPSA) is 171 Å². The van der Waals surface area contributed by atoms with Crippen molar-refractivity contribution in [2.24, 2.45) is 11.3 Å². The van der Waals surface area contributed by atoms with E-state index >= 15 is 0 Å². The van der Waals surface area contributed by atoms with Crippen molar-refractivity contribution in [3.8, 4) is 22.8 Å². The maximum absolute atomic E-state index is 14.4. The van der Waals surface area contributed by atoms with Gasteiger partial charge in [-0.3, -0.25) is 9.59 Å². The van der Waals surface area contributed by atoms with Gasteiger partial charge >= 0.3 is 12.0 Å². The molecule has 6 atom stereocenters. The normalized spacial score (nSPS) is 23.7. The first kappa shape index (κ1) is 40.5. The van der Waals surface area contributed by atoms with Crippen molar-refractivity contribution < 1.29 is 33.8 Å². The fourth-order valence-corrected chi connectivity index (χ4v) is 8.89. The lowest BCUT2D eigenvalue weighted by atomic mass is 9.82. The van der Waals surface area contributed by atoms with Crippen molar-refractivity contribution in [3.63, 3.8) is 0 Å². The molecule has 5 N–H and O–H groups in total. The molecule has 55 heavy (non-hydrogen) atoms. The summed E-state index contributed by atoms with van der Waals surface area (Å²) in [6.07, 6.45) is 5.09. The summed E-state index contributed by atoms with van der Waals surface area (Å²) in [5, 5.41) is 23.0. The van der Waals surface area contributed by atoms with E-state index in [-0.39, 0.29) is 28.7 Å². The van der Waals surface area contributed by atoms with Crippen LogP contribution in [0.5, 0.6) is 11.5 Å². The molecule has 6 rings (SSSR count). The number of methoxy groups -OCH3 is 1. The third-order valence-electron chi connectivity index (χ3n) is 11.3. The van der Waals surface area contributed by atoms with Crippen molar-refractivity contribution in [1.29, 1.82) is 0 Å². The quantitative estimate of drug-likeness (QED) is 0.113. The summed E-state index contributed by atoms with van der Waals surface area (Å²) in [4.78, 5) is 60.1. The number of urea groups is 1. The Morgan fingerprint density at radius 3 is 2.38 bits per heavy atom. The van der Waals surface area contributed by atoms with Crippen molar-refractivity contribution in [2.75, 3.05) is 27.2 Å². The van der Waals surface area contributed by atoms with E-state index in [0.29, 0.717) is 35.7 Å². The molecule has 296 valence electrons. The van der Waals surface area contributed by atoms with Crippen LogP contribution in [0, 0.1) is 11.3 Å². The maximum Gasteiger partial charge on any atom is 0.330 e. The second-order valence-electron chi connectivity index (χ2n) is 16.1. The van der Waals surface area contributed by atoms with E-state index in [4.69, 9.17) is 14.5 Å². The number of hydrogen-bond acceptors (Lipinski definition) is 8. The Morgan fingerprint density at radius 2 is 1.76 bits per heavy atom. The van der Waals surface area contributed by atoms with E-state index in [1.54, 1.807) is 14.2 Å². The smallest absolute Gasteiger partial charge is 0.330 e. The number of carboxylic acid groups (broad SMARTS) is 1. The van der Waals surface area contributed by atoms with E-state index in [1.165, 1.54) is 11.3 Å². The molecule has 0 bridgehead atoms. The number of nitrogens with one attached hydrogen (secondary N) is 4. The number of carbonyl (C=O) groups is 4. The number of likely N-dealkylation sites (N-methyl/N-ethyl adjacent to an activating group) is 1. The largest absolute Gasteiger partial charge is 0.497 e. The van der Waals surface area contributed by atoms with E-state index in [9.17, 15) is 24.3 Å². The Bertz CT molecular complexity index is 1880. The molecule has 3 fully saturated rings. The summed E-state index contributed by atoms with van der Waals surface area (Å²) in [5.41, 5.74) is 0.438. The molecule has 2 saturated carbocycles. The predicted molar refractivity (Wildman–Crippen MR) is 218 cm³/mol. The first-order chi connectivity index (χ1) is 26.2. The van der Waals surface area contributed by atoms with E-state index in [2.05, 4.69) is 21.3 Å². The van der Waals surface area contributed by atoms with Crippen LogP contribution >= 0.6 is 22.6 Å². The Hall–Kier alpha value is -4.18. The number of ether oxygens (including phenoxy) is 2. The van der Waals surface area contributed by atoms with Gasteiger partial charge in [0.05, 0.1) is 30.9 Å². The van der Waals surface area contributed by atoms with Gasteiger partial charge in [0, 0.05) is 53.1 Å². The van der Waals surface area contributed by atoms with Gasteiger partial charge in [0.1, 0.15) is 23.6 Å². The molecule has 14 heteroatoms. The number of carboxylic acids is 1. The molecule has 1 aliphatic heterocycles. The van der Waals surface area contributed by atoms with Gasteiger partial charge < -0.3 is 40.7 Å². The van der Waals surface area contributed by atoms with Crippen LogP contribution in [0.1, 0.15) is 65.7 Å². The van der Waals surface area contributed by atoms with Gasteiger partial charge in [0.15, 0.2) is 5.54 Å². The van der Waals surface area contributed by atoms with E-state index in [1.807, 2.05) is 98.0 Å². The lowest BCUT2D eigenvalue weighted by Gasteiger charge is -2.37. The number of rotatable bonds is 13. The summed E-state index contributed by atoms with van der Waals surface area (Å²) in [6, 6.07) is 14.9. The Balaban J connectivity index is 1.27. The number of hydrogen-bond donors (Lipinski definition) is 5. The zero-order chi connectivity index (χ0) is 39.5. The van der Waals surface area contributed by atoms with Gasteiger partial charge in [-0.15, -0.1) is 0 Å². The van der Waals surface area contributed by atoms with Crippen LogP contribution in [-0.2, 0) is 14.4 Å². The summed E-state index contributed by atoms with van der Waals surface area (Å²) in [5.74, 6) is -0.333. The summed E-state index contributed by atoms with van der Waals surface area (Å²) in [6.45, 7) is 6.47. The molecular weight excluding hydrogens is 815 g/mol. The molecule has 1 saturated heterocycles. The number of alkyl halides is 1. The fraction of sp³-hybridized carbons (Fsp3) is 0.537. The van der Waals surface area contributed by atoms with E-state index in [0.717, 1.165) is 36.6 Å². The van der Waals surface area contributed by atoms with Gasteiger partial charge in [0.25, 0.3) is 0 Å². The summed E-state index contributed by atoms with van der Waals surface area (Å²) in [7, 11) is 3.24. The number of likely N-dealkylation sites (tertiary alicyclic amines) is 1. The number of carbonyl (C=O) groups excluding carboxylic acids is 3. The molecular formula is C41H53IN6O7. The SMILES string of the molecule is CNC(=O)[C@@H](NC[C@@H](NC(=O)N1C[C@H](Oc2cc(-c3ccccc3)nc3cc(OC)ccc23)C[C@H]1C(=O)N[C@]1(C(=O)O)C[C@H]1I)C(C)(C)C)C1CCCCC1. The summed E-state index contributed by atoms with van der Waals surface area (Å²) < 4.78 is 11.9. The Labute approximate surface area is 336 Å². The third kappa shape index (κ3) is 9.11. The van der Waals surface area contributed by atoms with Gasteiger partial charge in [0.2, 0.25) is 11.8 Å². The van der Waals surface area contributed by atoms with Crippen LogP contribution in [0.4, 0.5) is 4.79 Å². The number of halogens is 1. The number of pyridine rings is 1. The number of fused-ring (bicyclic) bond motifs is 1. The number of aliphatic carboxylic acids is 1. The minimum atomic E-state index is -1.38. The third-order valence-corrected chi connectivity index (χ3v) is 12.8. The van der Waals surface area contributed by atoms with Crippen molar-refractivity contribution in [3.05, 3.63) is 54.6 Å². The molecule has 0 spiro atoms. The molecule has 0 radical (unpaired) electrons. The molecule has 4 amide bonds. The molecule has 13 nitrogen and oxygen atoms in total. The zero-order valence-corrected chi connectivity index (χ0v) is 34.4. The highest BCUT2D eigenvalue weighted by atomic mass is 127. The van der Waals surface area contributed by atoms with Crippen LogP contribution < -0.4 is 30.7 Å². The predicted octanol–water partition coefficient (Wildman–Crippen LogP) is 5.29. The lowest BCUT2D eigenvalue weighted by Crippen LogP contribution is -2.59. The molecule has 1 aromatic heterocycles. The lowest BCUT2D eigenvalue weighted by molar-refractivity contribution is -0.143. The molecule has 0 unspecified atom stereocenters. The second-order valence-corrected chi connectivity index (χ2v) is 17.6. The van der Waals surface area contributed by atoms with Crippen LogP contribution in [0.25, 0.3) is 22.2 Å². The molecule has 3 aromatic rings. The Kier molecular flexibility index (Phi) is 12.4. The van der Waals surface area contributed by atoms with Gasteiger partial charge in [-0.1, -0.05) is 93.0 Å². The standard InChI is InChI=1S/C41H53IN6O7/c1-40(2,3)34(22-44-35(37(50)43-4)25-14-10-7-11-15-25)46-39(53)48-23-27(19-31(48)36(49)47-41(38(51)52)21-33(41)42)55-32-20-29(24-12-8-6-9-13-24)45-30-18-26(54-5)16-17-28(30)32/h6,8-9,12-13,16-18,20,25,27,31,33-35,44H,7,10-11,14-15,19,21-23H2,1-5H3,(H,43,50)(H,46,53)(H,47,49)(H,51,52)/t27-,31+,33-,34-,35+,41-/m1/s1. The van der Waals surface area contributed by atoms with Crippen LogP contribution in [-0.4, -0.2) is 99.7 Å². The second kappa shape index (κ2) is 16.9. The monoisotopic (exact) mass is 868 g/mol. The molecule has 2 aliphatic carbocycles. The first-order valence-corrected chi connectivity index (χ1v) is 20.4. The average Bonchev–Trinajstić information content (AvgIpc) is 3.63. The first-order valence-electron chi connectivity index (χ1n) is 19.2. The average molecular weight is 869 g/mol. The van der Waals surface area contributed by atoms with Crippen LogP contribution in [0.15, 0.2) is 54.6 Å². The number of aromatic nitrogens is 1. The Morgan fingerprint density at radius 1 is 1.05 bits per heavy atom. The van der Waals surface area contributed by atoms with Crippen LogP contribution in [0.3, 0.4) is 0 Å². The number of nitrogens with zero attached hydrogens (tertiary/aromatic N) is 2. The highest BCUT2D eigenvalue weighted by molar-refractivity contribution is 14.1. The van der Waals surface area contributed by atoms with Gasteiger partial charge in [-0.25, -0.2) is 14.6 Å². The van der Waals surface area contributed by atoms with Gasteiger partial charge in [-0.05, 0) is 42.7 Å². The maximum atomic E-state index is 14.4. The van der Waals surface area contributed by atoms with Gasteiger partial charge in [-0.2, -0.15) is 0 Å². The zero-order valence-electron chi connectivity index (χ0n) is 32.2. The minimum absolute atomic E-state index is 0.0688. The molecule has 3 aliphatic rings. The highest BCUT2D eigenvalue weighted by Gasteiger charge is 2.61. The number of amides is 4. The fourth-order valence-electron chi connectivity index (χ4n) is 7.77. The van der Waals surface area contributed by atoms with Crippen molar-refractivity contribution in [1.82, 2.24) is 31.2 Å². The molecule has 2 aromatic carbocycles. The minimum Gasteiger partial charge on any atom is -0.497 e. The highest BCUT2D eigenvalue weighted by Crippen LogP contribution is 2.44. The van der Waals surface area contributed by atoms with Crippen LogP contribution in [0.2, 0.25) is 0 Å². The number of benzene rings is 2. The molecule has 2 heterocycles.